The van der Waals surface area contributed by atoms with Gasteiger partial charge in [-0.2, -0.15) is 0 Å². The van der Waals surface area contributed by atoms with Crippen LogP contribution in [0.1, 0.15) is 29.0 Å². The first-order chi connectivity index (χ1) is 14.1. The number of hydrogen-bond acceptors (Lipinski definition) is 7. The van der Waals surface area contributed by atoms with E-state index in [1.165, 1.54) is 0 Å². The molecule has 0 aromatic carbocycles. The molecule has 0 spiro atoms. The predicted molar refractivity (Wildman–Crippen MR) is 114 cm³/mol. The minimum Gasteiger partial charge on any atom is -0.379 e. The highest BCUT2D eigenvalue weighted by atomic mass is 32.2. The highest BCUT2D eigenvalue weighted by molar-refractivity contribution is 7.99. The molecular formula is C21H30N4O3S. The maximum atomic E-state index is 12.9. The summed E-state index contributed by atoms with van der Waals surface area (Å²) >= 11 is 1.62. The summed E-state index contributed by atoms with van der Waals surface area (Å²) in [5, 5.41) is 3.99. The third kappa shape index (κ3) is 6.83. The topological polar surface area (TPSA) is 71.7 Å². The second-order valence-corrected chi connectivity index (χ2v) is 8.26. The van der Waals surface area contributed by atoms with E-state index in [1.807, 2.05) is 30.9 Å². The van der Waals surface area contributed by atoms with Gasteiger partial charge in [0.15, 0.2) is 0 Å². The molecule has 3 heterocycles. The van der Waals surface area contributed by atoms with Gasteiger partial charge in [0.1, 0.15) is 5.76 Å². The Labute approximate surface area is 176 Å². The molecule has 29 heavy (non-hydrogen) atoms. The lowest BCUT2D eigenvalue weighted by Gasteiger charge is -2.28. The summed E-state index contributed by atoms with van der Waals surface area (Å²) in [4.78, 5) is 21.4. The first kappa shape index (κ1) is 21.8. The Morgan fingerprint density at radius 1 is 1.24 bits per heavy atom. The first-order valence-corrected chi connectivity index (χ1v) is 11.2. The largest absolute Gasteiger partial charge is 0.379 e. The normalized spacial score (nSPS) is 14.8. The number of ether oxygens (including phenoxy) is 1. The molecule has 1 aliphatic heterocycles. The van der Waals surface area contributed by atoms with Crippen LogP contribution in [0, 0.1) is 13.8 Å². The molecule has 0 unspecified atom stereocenters. The molecule has 7 nitrogen and oxygen atoms in total. The molecule has 0 atom stereocenters. The summed E-state index contributed by atoms with van der Waals surface area (Å²) in [6.45, 7) is 9.79. The van der Waals surface area contributed by atoms with Crippen LogP contribution in [-0.4, -0.2) is 71.0 Å². The van der Waals surface area contributed by atoms with Gasteiger partial charge < -0.3 is 14.2 Å². The number of thioether (sulfide) groups is 1. The van der Waals surface area contributed by atoms with E-state index in [0.717, 1.165) is 74.1 Å². The van der Waals surface area contributed by atoms with Gasteiger partial charge in [-0.25, -0.2) is 0 Å². The lowest BCUT2D eigenvalue weighted by Crippen LogP contribution is -2.39. The zero-order valence-electron chi connectivity index (χ0n) is 17.3. The second kappa shape index (κ2) is 11.3. The Hall–Kier alpha value is -1.90. The van der Waals surface area contributed by atoms with E-state index in [2.05, 4.69) is 15.0 Å². The molecule has 2 aromatic rings. The fourth-order valence-electron chi connectivity index (χ4n) is 3.35. The smallest absolute Gasteiger partial charge is 0.232 e. The molecule has 1 saturated heterocycles. The van der Waals surface area contributed by atoms with Crippen LogP contribution in [-0.2, 0) is 21.8 Å². The minimum atomic E-state index is 0.167. The molecule has 1 amide bonds. The van der Waals surface area contributed by atoms with Crippen molar-refractivity contribution in [3.05, 3.63) is 47.1 Å². The number of hydrogen-bond donors (Lipinski definition) is 0. The number of nitrogens with zero attached hydrogens (tertiary/aromatic N) is 4. The van der Waals surface area contributed by atoms with E-state index >= 15 is 0 Å². The standard InChI is InChI=1S/C21H30N4O3S/c1-17-20(18(2)28-23-17)15-29-16-21(26)25(14-19-4-6-22-7-5-19)9-3-8-24-10-12-27-13-11-24/h4-7H,3,8-16H2,1-2H3. The molecule has 0 aliphatic carbocycles. The number of aryl methyl sites for hydroxylation is 2. The second-order valence-electron chi connectivity index (χ2n) is 7.27. The average Bonchev–Trinajstić information content (AvgIpc) is 3.06. The van der Waals surface area contributed by atoms with Crippen molar-refractivity contribution in [2.75, 3.05) is 45.1 Å². The van der Waals surface area contributed by atoms with E-state index in [1.54, 1.807) is 24.2 Å². The number of morpholine rings is 1. The van der Waals surface area contributed by atoms with Gasteiger partial charge in [-0.15, -0.1) is 11.8 Å². The number of carbonyl (C=O) groups excluding carboxylic acids is 1. The van der Waals surface area contributed by atoms with Crippen molar-refractivity contribution in [3.8, 4) is 0 Å². The van der Waals surface area contributed by atoms with Crippen molar-refractivity contribution in [1.29, 1.82) is 0 Å². The van der Waals surface area contributed by atoms with Gasteiger partial charge in [0, 0.05) is 56.4 Å². The SMILES string of the molecule is Cc1noc(C)c1CSCC(=O)N(CCCN1CCOCC1)Cc1ccncc1. The van der Waals surface area contributed by atoms with E-state index in [0.29, 0.717) is 12.3 Å². The summed E-state index contributed by atoms with van der Waals surface area (Å²) in [5.74, 6) is 2.19. The van der Waals surface area contributed by atoms with E-state index in [-0.39, 0.29) is 5.91 Å². The third-order valence-corrected chi connectivity index (χ3v) is 6.08. The van der Waals surface area contributed by atoms with Gasteiger partial charge in [-0.3, -0.25) is 14.7 Å². The Balaban J connectivity index is 1.51. The molecule has 1 aliphatic rings. The summed E-state index contributed by atoms with van der Waals surface area (Å²) < 4.78 is 10.6. The summed E-state index contributed by atoms with van der Waals surface area (Å²) in [6, 6.07) is 3.94. The maximum absolute atomic E-state index is 12.9. The summed E-state index contributed by atoms with van der Waals surface area (Å²) in [5.41, 5.74) is 3.10. The maximum Gasteiger partial charge on any atom is 0.232 e. The Bertz CT molecular complexity index is 743. The van der Waals surface area contributed by atoms with E-state index in [4.69, 9.17) is 9.26 Å². The van der Waals surface area contributed by atoms with Crippen molar-refractivity contribution in [2.45, 2.75) is 32.6 Å². The zero-order chi connectivity index (χ0) is 20.5. The molecule has 158 valence electrons. The molecule has 0 bridgehead atoms. The fourth-order valence-corrected chi connectivity index (χ4v) is 4.43. The summed E-state index contributed by atoms with van der Waals surface area (Å²) in [6.07, 6.45) is 4.52. The number of rotatable bonds is 10. The Kier molecular flexibility index (Phi) is 8.52. The lowest BCUT2D eigenvalue weighted by atomic mass is 10.2. The van der Waals surface area contributed by atoms with E-state index < -0.39 is 0 Å². The number of amides is 1. The van der Waals surface area contributed by atoms with Crippen molar-refractivity contribution in [3.63, 3.8) is 0 Å². The molecule has 0 N–H and O–H groups in total. The van der Waals surface area contributed by atoms with Crippen molar-refractivity contribution >= 4 is 17.7 Å². The van der Waals surface area contributed by atoms with Gasteiger partial charge in [0.05, 0.1) is 24.7 Å². The minimum absolute atomic E-state index is 0.167. The molecular weight excluding hydrogens is 388 g/mol. The zero-order valence-corrected chi connectivity index (χ0v) is 18.1. The van der Waals surface area contributed by atoms with Crippen LogP contribution in [0.5, 0.6) is 0 Å². The average molecular weight is 419 g/mol. The van der Waals surface area contributed by atoms with Crippen LogP contribution in [0.25, 0.3) is 0 Å². The Morgan fingerprint density at radius 2 is 2.00 bits per heavy atom. The predicted octanol–water partition coefficient (Wildman–Crippen LogP) is 2.67. The first-order valence-electron chi connectivity index (χ1n) is 10.1. The van der Waals surface area contributed by atoms with Crippen LogP contribution < -0.4 is 0 Å². The van der Waals surface area contributed by atoms with Crippen LogP contribution in [0.15, 0.2) is 29.0 Å². The van der Waals surface area contributed by atoms with Crippen LogP contribution in [0.4, 0.5) is 0 Å². The lowest BCUT2D eigenvalue weighted by molar-refractivity contribution is -0.129. The van der Waals surface area contributed by atoms with Crippen molar-refractivity contribution in [2.24, 2.45) is 0 Å². The highest BCUT2D eigenvalue weighted by Gasteiger charge is 2.17. The quantitative estimate of drug-likeness (QED) is 0.587. The van der Waals surface area contributed by atoms with Gasteiger partial charge in [0.25, 0.3) is 0 Å². The summed E-state index contributed by atoms with van der Waals surface area (Å²) in [7, 11) is 0. The van der Waals surface area contributed by atoms with Gasteiger partial charge >= 0.3 is 0 Å². The third-order valence-electron chi connectivity index (χ3n) is 5.13. The number of carbonyl (C=O) groups is 1. The molecule has 0 saturated carbocycles. The highest BCUT2D eigenvalue weighted by Crippen LogP contribution is 2.20. The van der Waals surface area contributed by atoms with Crippen LogP contribution in [0.2, 0.25) is 0 Å². The molecule has 3 rings (SSSR count). The molecule has 0 radical (unpaired) electrons. The van der Waals surface area contributed by atoms with Crippen molar-refractivity contribution < 1.29 is 14.1 Å². The monoisotopic (exact) mass is 418 g/mol. The molecule has 1 fully saturated rings. The van der Waals surface area contributed by atoms with E-state index in [9.17, 15) is 4.79 Å². The fraction of sp³-hybridized carbons (Fsp3) is 0.571. The van der Waals surface area contributed by atoms with Crippen molar-refractivity contribution in [1.82, 2.24) is 19.9 Å². The van der Waals surface area contributed by atoms with Gasteiger partial charge in [-0.05, 0) is 38.0 Å². The van der Waals surface area contributed by atoms with Gasteiger partial charge in [0.2, 0.25) is 5.91 Å². The van der Waals surface area contributed by atoms with Crippen LogP contribution in [0.3, 0.4) is 0 Å². The van der Waals surface area contributed by atoms with Gasteiger partial charge in [-0.1, -0.05) is 5.16 Å². The number of pyridine rings is 1. The number of aromatic nitrogens is 2. The van der Waals surface area contributed by atoms with Crippen LogP contribution >= 0.6 is 11.8 Å². The molecule has 8 heteroatoms. The molecule has 2 aromatic heterocycles. The Morgan fingerprint density at radius 3 is 2.69 bits per heavy atom.